The van der Waals surface area contributed by atoms with E-state index in [1.807, 2.05) is 72.8 Å². The molecular weight excluding hydrogens is 358 g/mol. The Labute approximate surface area is 172 Å². The molecule has 0 spiro atoms. The molecule has 0 aliphatic heterocycles. The molecule has 29 heavy (non-hydrogen) atoms. The quantitative estimate of drug-likeness (QED) is 0.282. The van der Waals surface area contributed by atoms with Gasteiger partial charge in [-0.25, -0.2) is 0 Å². The van der Waals surface area contributed by atoms with E-state index in [0.717, 1.165) is 41.3 Å². The molecule has 3 aromatic rings. The molecule has 0 bridgehead atoms. The zero-order chi connectivity index (χ0) is 20.3. The SMILES string of the molecule is CCCCCCOc1ccc(/N=N/c2ccc(-c3ccc(C#N)cc3)cc2)cc1. The van der Waals surface area contributed by atoms with Gasteiger partial charge in [0.25, 0.3) is 0 Å². The zero-order valence-corrected chi connectivity index (χ0v) is 16.7. The zero-order valence-electron chi connectivity index (χ0n) is 16.7. The molecule has 3 aromatic carbocycles. The van der Waals surface area contributed by atoms with Gasteiger partial charge >= 0.3 is 0 Å². The molecule has 0 amide bonds. The summed E-state index contributed by atoms with van der Waals surface area (Å²) in [6.45, 7) is 2.96. The van der Waals surface area contributed by atoms with Crippen LogP contribution in [0.4, 0.5) is 11.4 Å². The third-order valence-electron chi connectivity index (χ3n) is 4.60. The second kappa shape index (κ2) is 10.8. The monoisotopic (exact) mass is 383 g/mol. The van der Waals surface area contributed by atoms with E-state index in [2.05, 4.69) is 23.2 Å². The average Bonchev–Trinajstić information content (AvgIpc) is 2.79. The van der Waals surface area contributed by atoms with Crippen LogP contribution in [0, 0.1) is 11.3 Å². The highest BCUT2D eigenvalue weighted by Gasteiger charge is 1.99. The van der Waals surface area contributed by atoms with Gasteiger partial charge in [0.15, 0.2) is 0 Å². The molecule has 4 heteroatoms. The predicted molar refractivity (Wildman–Crippen MR) is 117 cm³/mol. The summed E-state index contributed by atoms with van der Waals surface area (Å²) in [6, 6.07) is 25.2. The molecule has 0 saturated heterocycles. The Morgan fingerprint density at radius 2 is 1.28 bits per heavy atom. The van der Waals surface area contributed by atoms with Gasteiger partial charge in [-0.15, -0.1) is 0 Å². The minimum atomic E-state index is 0.659. The van der Waals surface area contributed by atoms with Gasteiger partial charge in [-0.3, -0.25) is 0 Å². The van der Waals surface area contributed by atoms with Crippen molar-refractivity contribution in [3.63, 3.8) is 0 Å². The fourth-order valence-electron chi connectivity index (χ4n) is 2.90. The fourth-order valence-corrected chi connectivity index (χ4v) is 2.90. The van der Waals surface area contributed by atoms with Crippen LogP contribution in [0.15, 0.2) is 83.0 Å². The summed E-state index contributed by atoms with van der Waals surface area (Å²) < 4.78 is 5.75. The van der Waals surface area contributed by atoms with E-state index in [1.165, 1.54) is 19.3 Å². The number of benzene rings is 3. The fraction of sp³-hybridized carbons (Fsp3) is 0.240. The second-order valence-electron chi connectivity index (χ2n) is 6.84. The maximum absolute atomic E-state index is 8.89. The normalized spacial score (nSPS) is 10.8. The maximum Gasteiger partial charge on any atom is 0.119 e. The van der Waals surface area contributed by atoms with Gasteiger partial charge in [-0.05, 0) is 66.1 Å². The van der Waals surface area contributed by atoms with Gasteiger partial charge in [-0.1, -0.05) is 50.5 Å². The van der Waals surface area contributed by atoms with Gasteiger partial charge in [0.05, 0.1) is 29.6 Å². The van der Waals surface area contributed by atoms with Crippen LogP contribution in [0.25, 0.3) is 11.1 Å². The number of hydrogen-bond acceptors (Lipinski definition) is 4. The van der Waals surface area contributed by atoms with E-state index in [9.17, 15) is 0 Å². The number of hydrogen-bond donors (Lipinski definition) is 0. The van der Waals surface area contributed by atoms with Crippen LogP contribution in [0.5, 0.6) is 5.75 Å². The Kier molecular flexibility index (Phi) is 7.54. The van der Waals surface area contributed by atoms with E-state index in [-0.39, 0.29) is 0 Å². The van der Waals surface area contributed by atoms with Crippen molar-refractivity contribution in [2.45, 2.75) is 32.6 Å². The van der Waals surface area contributed by atoms with Gasteiger partial charge < -0.3 is 4.74 Å². The highest BCUT2D eigenvalue weighted by atomic mass is 16.5. The van der Waals surface area contributed by atoms with Gasteiger partial charge in [0, 0.05) is 0 Å². The number of nitrogens with zero attached hydrogens (tertiary/aromatic N) is 3. The van der Waals surface area contributed by atoms with Crippen molar-refractivity contribution in [3.8, 4) is 22.9 Å². The number of azo groups is 1. The summed E-state index contributed by atoms with van der Waals surface area (Å²) >= 11 is 0. The molecule has 0 aromatic heterocycles. The molecule has 4 nitrogen and oxygen atoms in total. The summed E-state index contributed by atoms with van der Waals surface area (Å²) in [5.74, 6) is 0.868. The Morgan fingerprint density at radius 1 is 0.724 bits per heavy atom. The molecule has 146 valence electrons. The van der Waals surface area contributed by atoms with Crippen LogP contribution in [-0.2, 0) is 0 Å². The summed E-state index contributed by atoms with van der Waals surface area (Å²) in [7, 11) is 0. The molecular formula is C25H25N3O. The Morgan fingerprint density at radius 3 is 1.83 bits per heavy atom. The first-order valence-electron chi connectivity index (χ1n) is 10.0. The predicted octanol–water partition coefficient (Wildman–Crippen LogP) is 7.60. The molecule has 0 aliphatic rings. The van der Waals surface area contributed by atoms with Crippen molar-refractivity contribution in [2.75, 3.05) is 6.61 Å². The van der Waals surface area contributed by atoms with Crippen LogP contribution in [0.3, 0.4) is 0 Å². The van der Waals surface area contributed by atoms with Crippen molar-refractivity contribution < 1.29 is 4.74 Å². The smallest absolute Gasteiger partial charge is 0.119 e. The summed E-state index contributed by atoms with van der Waals surface area (Å²) in [6.07, 6.45) is 4.80. The van der Waals surface area contributed by atoms with Crippen LogP contribution >= 0.6 is 0 Å². The number of rotatable bonds is 9. The van der Waals surface area contributed by atoms with Gasteiger partial charge in [-0.2, -0.15) is 15.5 Å². The highest BCUT2D eigenvalue weighted by Crippen LogP contribution is 2.25. The number of unbranched alkanes of at least 4 members (excludes halogenated alkanes) is 3. The largest absolute Gasteiger partial charge is 0.494 e. The third-order valence-corrected chi connectivity index (χ3v) is 4.60. The van der Waals surface area contributed by atoms with E-state index in [4.69, 9.17) is 10.00 Å². The molecule has 0 heterocycles. The molecule has 0 unspecified atom stereocenters. The Balaban J connectivity index is 1.54. The maximum atomic E-state index is 8.89. The first-order chi connectivity index (χ1) is 14.3. The lowest BCUT2D eigenvalue weighted by Gasteiger charge is -2.05. The van der Waals surface area contributed by atoms with Crippen LogP contribution in [0.1, 0.15) is 38.2 Å². The Bertz CT molecular complexity index is 953. The summed E-state index contributed by atoms with van der Waals surface area (Å²) in [4.78, 5) is 0. The van der Waals surface area contributed by atoms with E-state index in [1.54, 1.807) is 0 Å². The van der Waals surface area contributed by atoms with Gasteiger partial charge in [0.2, 0.25) is 0 Å². The third kappa shape index (κ3) is 6.29. The van der Waals surface area contributed by atoms with Crippen molar-refractivity contribution in [3.05, 3.63) is 78.4 Å². The molecule has 0 saturated carbocycles. The van der Waals surface area contributed by atoms with E-state index >= 15 is 0 Å². The first-order valence-corrected chi connectivity index (χ1v) is 10.0. The van der Waals surface area contributed by atoms with Crippen LogP contribution in [-0.4, -0.2) is 6.61 Å². The minimum absolute atomic E-state index is 0.659. The number of nitriles is 1. The highest BCUT2D eigenvalue weighted by molar-refractivity contribution is 5.66. The molecule has 0 fully saturated rings. The summed E-state index contributed by atoms with van der Waals surface area (Å²) in [5.41, 5.74) is 4.39. The van der Waals surface area contributed by atoms with Crippen molar-refractivity contribution in [1.82, 2.24) is 0 Å². The van der Waals surface area contributed by atoms with Crippen LogP contribution < -0.4 is 4.74 Å². The molecule has 0 radical (unpaired) electrons. The van der Waals surface area contributed by atoms with Gasteiger partial charge in [0.1, 0.15) is 5.75 Å². The number of ether oxygens (including phenoxy) is 1. The lowest BCUT2D eigenvalue weighted by molar-refractivity contribution is 0.305. The lowest BCUT2D eigenvalue weighted by atomic mass is 10.0. The average molecular weight is 383 g/mol. The van der Waals surface area contributed by atoms with Crippen molar-refractivity contribution in [1.29, 1.82) is 5.26 Å². The van der Waals surface area contributed by atoms with Crippen molar-refractivity contribution >= 4 is 11.4 Å². The molecule has 3 rings (SSSR count). The lowest BCUT2D eigenvalue weighted by Crippen LogP contribution is -1.96. The summed E-state index contributed by atoms with van der Waals surface area (Å²) in [5, 5.41) is 17.5. The van der Waals surface area contributed by atoms with E-state index in [0.29, 0.717) is 5.56 Å². The van der Waals surface area contributed by atoms with Crippen molar-refractivity contribution in [2.24, 2.45) is 10.2 Å². The molecule has 0 N–H and O–H groups in total. The topological polar surface area (TPSA) is 57.7 Å². The van der Waals surface area contributed by atoms with E-state index < -0.39 is 0 Å². The van der Waals surface area contributed by atoms with Crippen LogP contribution in [0.2, 0.25) is 0 Å². The standard InChI is InChI=1S/C25H25N3O/c1-2-3-4-5-18-29-25-16-14-24(15-17-25)28-27-23-12-10-22(11-13-23)21-8-6-20(19-26)7-9-21/h6-17H,2-5,18H2,1H3/b28-27+. The Hall–Kier alpha value is -3.45. The molecule has 0 atom stereocenters. The molecule has 0 aliphatic carbocycles. The second-order valence-corrected chi connectivity index (χ2v) is 6.84. The first kappa shape index (κ1) is 20.3. The minimum Gasteiger partial charge on any atom is -0.494 e.